The molecule has 29 heavy (non-hydrogen) atoms. The van der Waals surface area contributed by atoms with E-state index in [-0.39, 0.29) is 11.9 Å². The number of imide groups is 1. The van der Waals surface area contributed by atoms with Gasteiger partial charge >= 0.3 is 6.03 Å². The molecule has 0 bridgehead atoms. The summed E-state index contributed by atoms with van der Waals surface area (Å²) in [6.45, 7) is 3.69. The van der Waals surface area contributed by atoms with Gasteiger partial charge in [-0.2, -0.15) is 0 Å². The van der Waals surface area contributed by atoms with Gasteiger partial charge in [0.15, 0.2) is 0 Å². The molecule has 2 heterocycles. The minimum atomic E-state index is -1.05. The van der Waals surface area contributed by atoms with E-state index in [1.807, 2.05) is 48.5 Å². The second kappa shape index (κ2) is 6.71. The van der Waals surface area contributed by atoms with Crippen LogP contribution in [0.2, 0.25) is 0 Å². The predicted molar refractivity (Wildman–Crippen MR) is 112 cm³/mol. The zero-order chi connectivity index (χ0) is 20.0. The number of fused-ring (bicyclic) bond motifs is 2. The van der Waals surface area contributed by atoms with Gasteiger partial charge in [-0.05, 0) is 46.9 Å². The first-order chi connectivity index (χ1) is 14.0. The third kappa shape index (κ3) is 2.98. The van der Waals surface area contributed by atoms with Crippen LogP contribution >= 0.6 is 0 Å². The van der Waals surface area contributed by atoms with Crippen molar-refractivity contribution in [3.05, 3.63) is 83.4 Å². The molecule has 1 N–H and O–H groups in total. The molecule has 0 spiro atoms. The van der Waals surface area contributed by atoms with Crippen molar-refractivity contribution in [1.29, 1.82) is 0 Å². The summed E-state index contributed by atoms with van der Waals surface area (Å²) in [4.78, 5) is 29.5. The van der Waals surface area contributed by atoms with Crippen molar-refractivity contribution in [3.8, 4) is 0 Å². The van der Waals surface area contributed by atoms with Crippen molar-refractivity contribution in [2.24, 2.45) is 0 Å². The topological polar surface area (TPSA) is 52.7 Å². The molecule has 0 radical (unpaired) electrons. The van der Waals surface area contributed by atoms with E-state index in [4.69, 9.17) is 0 Å². The highest BCUT2D eigenvalue weighted by Gasteiger charge is 2.49. The second-order valence-corrected chi connectivity index (χ2v) is 8.06. The number of carbonyl (C=O) groups is 2. The Hall–Kier alpha value is -3.18. The monoisotopic (exact) mass is 385 g/mol. The third-order valence-electron chi connectivity index (χ3n) is 6.15. The van der Waals surface area contributed by atoms with Crippen LogP contribution in [-0.2, 0) is 23.3 Å². The first kappa shape index (κ1) is 17.9. The Morgan fingerprint density at radius 2 is 1.66 bits per heavy atom. The number of nitrogens with one attached hydrogen (secondary N) is 1. The van der Waals surface area contributed by atoms with Crippen molar-refractivity contribution in [1.82, 2.24) is 15.1 Å². The molecule has 2 aliphatic rings. The smallest absolute Gasteiger partial charge is 0.319 e. The van der Waals surface area contributed by atoms with Gasteiger partial charge in [-0.15, -0.1) is 0 Å². The average molecular weight is 385 g/mol. The quantitative estimate of drug-likeness (QED) is 0.701. The van der Waals surface area contributed by atoms with Crippen LogP contribution in [0.15, 0.2) is 66.7 Å². The van der Waals surface area contributed by atoms with Crippen LogP contribution in [0.25, 0.3) is 10.8 Å². The van der Waals surface area contributed by atoms with Crippen molar-refractivity contribution >= 4 is 22.7 Å². The maximum atomic E-state index is 13.3. The number of rotatable bonds is 3. The summed E-state index contributed by atoms with van der Waals surface area (Å²) >= 11 is 0. The van der Waals surface area contributed by atoms with E-state index in [2.05, 4.69) is 28.4 Å². The molecule has 2 aliphatic heterocycles. The van der Waals surface area contributed by atoms with Gasteiger partial charge in [-0.1, -0.05) is 60.7 Å². The maximum absolute atomic E-state index is 13.3. The molecule has 0 aromatic heterocycles. The standard InChI is InChI=1S/C24H23N3O2/c1-24(21-11-10-17-6-2-4-8-19(17)14-21)22(28)27(23(29)25-24)16-26-13-12-18-7-3-5-9-20(18)15-26/h2-11,14H,12-13,15-16H2,1H3,(H,25,29)/t24-/m0/s1. The largest absolute Gasteiger partial charge is 0.326 e. The lowest BCUT2D eigenvalue weighted by atomic mass is 9.90. The highest BCUT2D eigenvalue weighted by Crippen LogP contribution is 2.31. The summed E-state index contributed by atoms with van der Waals surface area (Å²) in [7, 11) is 0. The van der Waals surface area contributed by atoms with Gasteiger partial charge in [0.1, 0.15) is 5.54 Å². The molecule has 3 aromatic carbocycles. The van der Waals surface area contributed by atoms with E-state index >= 15 is 0 Å². The Kier molecular flexibility index (Phi) is 4.14. The summed E-state index contributed by atoms with van der Waals surface area (Å²) in [6, 6.07) is 22.0. The van der Waals surface area contributed by atoms with E-state index in [9.17, 15) is 9.59 Å². The van der Waals surface area contributed by atoms with Gasteiger partial charge in [0.2, 0.25) is 0 Å². The van der Waals surface area contributed by atoms with E-state index in [0.717, 1.165) is 35.8 Å². The molecule has 3 amide bonds. The lowest BCUT2D eigenvalue weighted by Crippen LogP contribution is -2.45. The van der Waals surface area contributed by atoms with Crippen LogP contribution in [-0.4, -0.2) is 35.0 Å². The normalized spacial score (nSPS) is 22.0. The van der Waals surface area contributed by atoms with Crippen LogP contribution in [0.5, 0.6) is 0 Å². The molecule has 1 saturated heterocycles. The van der Waals surface area contributed by atoms with Gasteiger partial charge in [0.25, 0.3) is 5.91 Å². The Balaban J connectivity index is 1.39. The fraction of sp³-hybridized carbons (Fsp3) is 0.250. The SMILES string of the molecule is C[C@@]1(c2ccc3ccccc3c2)NC(=O)N(CN2CCc3ccccc3C2)C1=O. The van der Waals surface area contributed by atoms with Gasteiger partial charge in [0, 0.05) is 13.1 Å². The predicted octanol–water partition coefficient (Wildman–Crippen LogP) is 3.62. The first-order valence-corrected chi connectivity index (χ1v) is 9.97. The summed E-state index contributed by atoms with van der Waals surface area (Å²) in [5.41, 5.74) is 2.38. The molecule has 5 rings (SSSR count). The molecule has 1 fully saturated rings. The highest BCUT2D eigenvalue weighted by molar-refractivity contribution is 6.07. The van der Waals surface area contributed by atoms with Crippen molar-refractivity contribution in [2.75, 3.05) is 13.2 Å². The van der Waals surface area contributed by atoms with E-state index in [0.29, 0.717) is 6.67 Å². The van der Waals surface area contributed by atoms with Crippen LogP contribution in [0.4, 0.5) is 4.79 Å². The molecule has 0 saturated carbocycles. The van der Waals surface area contributed by atoms with Crippen molar-refractivity contribution in [3.63, 3.8) is 0 Å². The van der Waals surface area contributed by atoms with Gasteiger partial charge < -0.3 is 5.32 Å². The number of carbonyl (C=O) groups excluding carboxylic acids is 2. The van der Waals surface area contributed by atoms with Crippen LogP contribution in [0, 0.1) is 0 Å². The summed E-state index contributed by atoms with van der Waals surface area (Å²) in [5.74, 6) is -0.198. The molecular formula is C24H23N3O2. The number of hydrogen-bond donors (Lipinski definition) is 1. The third-order valence-corrected chi connectivity index (χ3v) is 6.15. The molecular weight excluding hydrogens is 362 g/mol. The molecule has 5 heteroatoms. The van der Waals surface area contributed by atoms with Gasteiger partial charge in [-0.3, -0.25) is 9.69 Å². The first-order valence-electron chi connectivity index (χ1n) is 9.97. The van der Waals surface area contributed by atoms with Gasteiger partial charge in [-0.25, -0.2) is 9.69 Å². The minimum absolute atomic E-state index is 0.198. The Labute approximate surface area is 169 Å². The Bertz CT molecular complexity index is 1130. The summed E-state index contributed by atoms with van der Waals surface area (Å²) < 4.78 is 0. The van der Waals surface area contributed by atoms with E-state index < -0.39 is 5.54 Å². The molecule has 146 valence electrons. The highest BCUT2D eigenvalue weighted by atomic mass is 16.2. The minimum Gasteiger partial charge on any atom is -0.319 e. The van der Waals surface area contributed by atoms with Gasteiger partial charge in [0.05, 0.1) is 6.67 Å². The lowest BCUT2D eigenvalue weighted by molar-refractivity contribution is -0.132. The molecule has 0 unspecified atom stereocenters. The van der Waals surface area contributed by atoms with Crippen LogP contribution in [0.3, 0.4) is 0 Å². The lowest BCUT2D eigenvalue weighted by Gasteiger charge is -2.31. The van der Waals surface area contributed by atoms with Crippen LogP contribution in [0.1, 0.15) is 23.6 Å². The van der Waals surface area contributed by atoms with Crippen molar-refractivity contribution < 1.29 is 9.59 Å². The number of urea groups is 1. The fourth-order valence-electron chi connectivity index (χ4n) is 4.40. The zero-order valence-corrected chi connectivity index (χ0v) is 16.4. The van der Waals surface area contributed by atoms with Crippen molar-refractivity contribution in [2.45, 2.75) is 25.4 Å². The molecule has 3 aromatic rings. The van der Waals surface area contributed by atoms with E-state index in [1.165, 1.54) is 16.0 Å². The fourth-order valence-corrected chi connectivity index (χ4v) is 4.40. The Morgan fingerprint density at radius 1 is 0.931 bits per heavy atom. The number of nitrogens with zero attached hydrogens (tertiary/aromatic N) is 2. The molecule has 5 nitrogen and oxygen atoms in total. The number of benzene rings is 3. The second-order valence-electron chi connectivity index (χ2n) is 8.06. The number of amides is 3. The average Bonchev–Trinajstić information content (AvgIpc) is 2.97. The molecule has 1 atom stereocenters. The van der Waals surface area contributed by atoms with Crippen LogP contribution < -0.4 is 5.32 Å². The van der Waals surface area contributed by atoms with E-state index in [1.54, 1.807) is 6.92 Å². The Morgan fingerprint density at radius 3 is 2.48 bits per heavy atom. The number of hydrogen-bond acceptors (Lipinski definition) is 3. The summed E-state index contributed by atoms with van der Waals surface area (Å²) in [6.07, 6.45) is 0.932. The molecule has 0 aliphatic carbocycles. The maximum Gasteiger partial charge on any atom is 0.326 e. The zero-order valence-electron chi connectivity index (χ0n) is 16.4. The summed E-state index contributed by atoms with van der Waals surface area (Å²) in [5, 5.41) is 5.10.